The minimum absolute atomic E-state index is 0.0973. The predicted octanol–water partition coefficient (Wildman–Crippen LogP) is 3.88. The Kier molecular flexibility index (Phi) is 7.00. The van der Waals surface area contributed by atoms with Gasteiger partial charge in [-0.25, -0.2) is 0 Å². The zero-order chi connectivity index (χ0) is 15.1. The molecule has 1 aliphatic carbocycles. The number of aliphatic hydroxyl groups excluding tert-OH is 1. The summed E-state index contributed by atoms with van der Waals surface area (Å²) in [5.74, 6) is 1.57. The van der Waals surface area contributed by atoms with Crippen molar-refractivity contribution in [1.29, 1.82) is 0 Å². The first-order valence-electron chi connectivity index (χ1n) is 7.99. The Bertz CT molecular complexity index is 439. The SMILES string of the molecule is CCCOc1ccc(Br)cc1CNCC1CCCC(O)C1. The van der Waals surface area contributed by atoms with Gasteiger partial charge in [0, 0.05) is 16.6 Å². The summed E-state index contributed by atoms with van der Waals surface area (Å²) in [6, 6.07) is 6.17. The van der Waals surface area contributed by atoms with Gasteiger partial charge in [-0.05, 0) is 56.3 Å². The maximum Gasteiger partial charge on any atom is 0.123 e. The maximum atomic E-state index is 9.72. The number of halogens is 1. The third kappa shape index (κ3) is 5.61. The van der Waals surface area contributed by atoms with Gasteiger partial charge in [0.25, 0.3) is 0 Å². The Morgan fingerprint density at radius 1 is 1.38 bits per heavy atom. The quantitative estimate of drug-likeness (QED) is 0.779. The van der Waals surface area contributed by atoms with Gasteiger partial charge in [0.05, 0.1) is 12.7 Å². The third-order valence-electron chi connectivity index (χ3n) is 3.99. The fourth-order valence-corrected chi connectivity index (χ4v) is 3.31. The summed E-state index contributed by atoms with van der Waals surface area (Å²) >= 11 is 3.52. The van der Waals surface area contributed by atoms with Gasteiger partial charge in [-0.15, -0.1) is 0 Å². The smallest absolute Gasteiger partial charge is 0.123 e. The fourth-order valence-electron chi connectivity index (χ4n) is 2.90. The van der Waals surface area contributed by atoms with Crippen molar-refractivity contribution in [2.45, 2.75) is 51.7 Å². The maximum absolute atomic E-state index is 9.72. The van der Waals surface area contributed by atoms with Crippen LogP contribution in [0.5, 0.6) is 5.75 Å². The first kappa shape index (κ1) is 16.8. The van der Waals surface area contributed by atoms with Crippen LogP contribution in [0, 0.1) is 5.92 Å². The highest BCUT2D eigenvalue weighted by Gasteiger charge is 2.19. The van der Waals surface area contributed by atoms with Gasteiger partial charge in [0.1, 0.15) is 5.75 Å². The summed E-state index contributed by atoms with van der Waals surface area (Å²) < 4.78 is 6.88. The van der Waals surface area contributed by atoms with Crippen molar-refractivity contribution in [3.05, 3.63) is 28.2 Å². The van der Waals surface area contributed by atoms with Gasteiger partial charge in [0.2, 0.25) is 0 Å². The van der Waals surface area contributed by atoms with Crippen LogP contribution >= 0.6 is 15.9 Å². The second kappa shape index (κ2) is 8.76. The number of hydrogen-bond donors (Lipinski definition) is 2. The van der Waals surface area contributed by atoms with E-state index in [-0.39, 0.29) is 6.10 Å². The molecule has 3 nitrogen and oxygen atoms in total. The average molecular weight is 356 g/mol. The Hall–Kier alpha value is -0.580. The number of ether oxygens (including phenoxy) is 1. The van der Waals surface area contributed by atoms with Crippen LogP contribution in [0.4, 0.5) is 0 Å². The van der Waals surface area contributed by atoms with Crippen molar-refractivity contribution in [1.82, 2.24) is 5.32 Å². The number of rotatable bonds is 7. The van der Waals surface area contributed by atoms with Crippen molar-refractivity contribution in [2.75, 3.05) is 13.2 Å². The van der Waals surface area contributed by atoms with Crippen molar-refractivity contribution < 1.29 is 9.84 Å². The van der Waals surface area contributed by atoms with E-state index in [1.165, 1.54) is 12.0 Å². The topological polar surface area (TPSA) is 41.5 Å². The van der Waals surface area contributed by atoms with E-state index in [0.29, 0.717) is 5.92 Å². The Labute approximate surface area is 136 Å². The van der Waals surface area contributed by atoms with E-state index in [1.54, 1.807) is 0 Å². The van der Waals surface area contributed by atoms with Gasteiger partial charge in [-0.3, -0.25) is 0 Å². The molecule has 118 valence electrons. The van der Waals surface area contributed by atoms with Crippen LogP contribution in [0.2, 0.25) is 0 Å². The molecule has 1 saturated carbocycles. The molecule has 1 aromatic carbocycles. The lowest BCUT2D eigenvalue weighted by atomic mass is 9.87. The fraction of sp³-hybridized carbons (Fsp3) is 0.647. The third-order valence-corrected chi connectivity index (χ3v) is 4.48. The van der Waals surface area contributed by atoms with E-state index in [0.717, 1.165) is 55.6 Å². The van der Waals surface area contributed by atoms with Crippen molar-refractivity contribution in [2.24, 2.45) is 5.92 Å². The van der Waals surface area contributed by atoms with Gasteiger partial charge >= 0.3 is 0 Å². The van der Waals surface area contributed by atoms with Crippen LogP contribution in [-0.4, -0.2) is 24.4 Å². The van der Waals surface area contributed by atoms with Crippen molar-refractivity contribution in [3.8, 4) is 5.75 Å². The molecule has 0 amide bonds. The summed E-state index contributed by atoms with van der Waals surface area (Å²) in [4.78, 5) is 0. The zero-order valence-corrected chi connectivity index (χ0v) is 14.4. The molecule has 2 atom stereocenters. The molecular formula is C17H26BrNO2. The Morgan fingerprint density at radius 3 is 3.00 bits per heavy atom. The molecule has 1 aliphatic rings. The molecule has 2 N–H and O–H groups in total. The molecular weight excluding hydrogens is 330 g/mol. The van der Waals surface area contributed by atoms with E-state index in [4.69, 9.17) is 4.74 Å². The molecule has 0 aliphatic heterocycles. The highest BCUT2D eigenvalue weighted by molar-refractivity contribution is 9.10. The van der Waals surface area contributed by atoms with Gasteiger partial charge in [-0.1, -0.05) is 29.3 Å². The minimum Gasteiger partial charge on any atom is -0.493 e. The average Bonchev–Trinajstić information content (AvgIpc) is 2.46. The Morgan fingerprint density at radius 2 is 2.24 bits per heavy atom. The predicted molar refractivity (Wildman–Crippen MR) is 89.6 cm³/mol. The molecule has 4 heteroatoms. The molecule has 1 aromatic rings. The zero-order valence-electron chi connectivity index (χ0n) is 12.8. The number of aliphatic hydroxyl groups is 1. The van der Waals surface area contributed by atoms with Crippen molar-refractivity contribution >= 4 is 15.9 Å². The highest BCUT2D eigenvalue weighted by Crippen LogP contribution is 2.25. The van der Waals surface area contributed by atoms with Gasteiger partial charge in [-0.2, -0.15) is 0 Å². The van der Waals surface area contributed by atoms with Gasteiger partial charge in [0.15, 0.2) is 0 Å². The molecule has 0 radical (unpaired) electrons. The molecule has 0 spiro atoms. The summed E-state index contributed by atoms with van der Waals surface area (Å²) in [7, 11) is 0. The lowest BCUT2D eigenvalue weighted by molar-refractivity contribution is 0.101. The van der Waals surface area contributed by atoms with E-state index in [9.17, 15) is 5.11 Å². The molecule has 1 fully saturated rings. The molecule has 21 heavy (non-hydrogen) atoms. The van der Waals surface area contributed by atoms with Crippen LogP contribution in [0.25, 0.3) is 0 Å². The summed E-state index contributed by atoms with van der Waals surface area (Å²) in [6.07, 6.45) is 5.20. The number of nitrogens with one attached hydrogen (secondary N) is 1. The molecule has 2 unspecified atom stereocenters. The van der Waals surface area contributed by atoms with E-state index in [2.05, 4.69) is 34.2 Å². The van der Waals surface area contributed by atoms with Crippen LogP contribution in [0.3, 0.4) is 0 Å². The molecule has 0 bridgehead atoms. The standard InChI is InChI=1S/C17H26BrNO2/c1-2-8-21-17-7-6-15(18)10-14(17)12-19-11-13-4-3-5-16(20)9-13/h6-7,10,13,16,19-20H,2-5,8-9,11-12H2,1H3. The summed E-state index contributed by atoms with van der Waals surface area (Å²) in [6.45, 7) is 4.65. The molecule has 0 saturated heterocycles. The first-order valence-corrected chi connectivity index (χ1v) is 8.78. The Balaban J connectivity index is 1.85. The monoisotopic (exact) mass is 355 g/mol. The number of hydrogen-bond acceptors (Lipinski definition) is 3. The van der Waals surface area contributed by atoms with E-state index in [1.807, 2.05) is 12.1 Å². The highest BCUT2D eigenvalue weighted by atomic mass is 79.9. The van der Waals surface area contributed by atoms with Crippen LogP contribution in [-0.2, 0) is 6.54 Å². The normalized spacial score (nSPS) is 22.2. The summed E-state index contributed by atoms with van der Waals surface area (Å²) in [5.41, 5.74) is 1.19. The second-order valence-corrected chi connectivity index (χ2v) is 6.83. The van der Waals surface area contributed by atoms with Crippen molar-refractivity contribution in [3.63, 3.8) is 0 Å². The minimum atomic E-state index is -0.0973. The molecule has 2 rings (SSSR count). The first-order chi connectivity index (χ1) is 10.2. The summed E-state index contributed by atoms with van der Waals surface area (Å²) in [5, 5.41) is 13.2. The lowest BCUT2D eigenvalue weighted by Crippen LogP contribution is -2.29. The molecule has 0 heterocycles. The number of benzene rings is 1. The van der Waals surface area contributed by atoms with Crippen LogP contribution < -0.4 is 10.1 Å². The van der Waals surface area contributed by atoms with Crippen LogP contribution in [0.15, 0.2) is 22.7 Å². The largest absolute Gasteiger partial charge is 0.493 e. The lowest BCUT2D eigenvalue weighted by Gasteiger charge is -2.26. The van der Waals surface area contributed by atoms with Gasteiger partial charge < -0.3 is 15.2 Å². The van der Waals surface area contributed by atoms with E-state index < -0.39 is 0 Å². The van der Waals surface area contributed by atoms with Crippen LogP contribution in [0.1, 0.15) is 44.6 Å². The molecule has 0 aromatic heterocycles. The van der Waals surface area contributed by atoms with E-state index >= 15 is 0 Å². The second-order valence-electron chi connectivity index (χ2n) is 5.92.